The van der Waals surface area contributed by atoms with Crippen LogP contribution >= 0.6 is 0 Å². The fourth-order valence-corrected chi connectivity index (χ4v) is 2.71. The molecule has 0 aromatic heterocycles. The molecular formula is C16H22BNO. The number of benzene rings is 1. The average Bonchev–Trinajstić information content (AvgIpc) is 2.39. The number of hydrogen-bond acceptors (Lipinski definition) is 1. The van der Waals surface area contributed by atoms with Gasteiger partial charge in [0.15, 0.2) is 0 Å². The lowest BCUT2D eigenvalue weighted by Crippen LogP contribution is -2.38. The van der Waals surface area contributed by atoms with Gasteiger partial charge in [0.25, 0.3) is 0 Å². The van der Waals surface area contributed by atoms with Crippen molar-refractivity contribution in [3.63, 3.8) is 0 Å². The van der Waals surface area contributed by atoms with Crippen LogP contribution in [-0.4, -0.2) is 31.7 Å². The van der Waals surface area contributed by atoms with Gasteiger partial charge in [0.1, 0.15) is 7.85 Å². The molecule has 2 radical (unpaired) electrons. The second-order valence-corrected chi connectivity index (χ2v) is 5.92. The zero-order valence-electron chi connectivity index (χ0n) is 11.9. The Morgan fingerprint density at radius 3 is 2.37 bits per heavy atom. The van der Waals surface area contributed by atoms with E-state index in [4.69, 9.17) is 7.85 Å². The summed E-state index contributed by atoms with van der Waals surface area (Å²) in [6.45, 7) is 5.97. The second-order valence-electron chi connectivity index (χ2n) is 5.92. The maximum Gasteiger partial charge on any atom is 0.222 e. The first-order chi connectivity index (χ1) is 9.06. The molecule has 1 aliphatic rings. The van der Waals surface area contributed by atoms with Gasteiger partial charge in [-0.05, 0) is 30.2 Å². The SMILES string of the molecule is [B]c1ccc(C2CCN(C(=O)CC(C)C)CC2)cc1. The molecule has 3 heteroatoms. The Balaban J connectivity index is 1.88. The summed E-state index contributed by atoms with van der Waals surface area (Å²) >= 11 is 0. The van der Waals surface area contributed by atoms with E-state index < -0.39 is 0 Å². The van der Waals surface area contributed by atoms with Gasteiger partial charge >= 0.3 is 0 Å². The highest BCUT2D eigenvalue weighted by Crippen LogP contribution is 2.27. The van der Waals surface area contributed by atoms with Gasteiger partial charge in [-0.15, -0.1) is 0 Å². The smallest absolute Gasteiger partial charge is 0.222 e. The van der Waals surface area contributed by atoms with Crippen LogP contribution in [0.15, 0.2) is 24.3 Å². The summed E-state index contributed by atoms with van der Waals surface area (Å²) in [6, 6.07) is 8.16. The molecule has 0 unspecified atom stereocenters. The molecule has 2 nitrogen and oxygen atoms in total. The van der Waals surface area contributed by atoms with Crippen LogP contribution in [0.1, 0.15) is 44.6 Å². The molecule has 100 valence electrons. The fraction of sp³-hybridized carbons (Fsp3) is 0.562. The largest absolute Gasteiger partial charge is 0.343 e. The van der Waals surface area contributed by atoms with E-state index in [1.54, 1.807) is 0 Å². The minimum atomic E-state index is 0.311. The van der Waals surface area contributed by atoms with Crippen molar-refractivity contribution in [1.82, 2.24) is 4.90 Å². The maximum atomic E-state index is 12.0. The quantitative estimate of drug-likeness (QED) is 0.758. The number of amides is 1. The molecule has 0 aliphatic carbocycles. The predicted octanol–water partition coefficient (Wildman–Crippen LogP) is 2.23. The molecule has 19 heavy (non-hydrogen) atoms. The lowest BCUT2D eigenvalue weighted by molar-refractivity contribution is -0.133. The minimum Gasteiger partial charge on any atom is -0.343 e. The Bertz CT molecular complexity index is 419. The van der Waals surface area contributed by atoms with Gasteiger partial charge in [0.05, 0.1) is 0 Å². The number of carbonyl (C=O) groups is 1. The average molecular weight is 255 g/mol. The third-order valence-electron chi connectivity index (χ3n) is 3.84. The molecule has 1 aromatic carbocycles. The first-order valence-electron chi connectivity index (χ1n) is 7.19. The molecule has 2 rings (SSSR count). The molecule has 1 fully saturated rings. The molecule has 0 bridgehead atoms. The summed E-state index contributed by atoms with van der Waals surface area (Å²) < 4.78 is 0. The molecule has 1 aliphatic heterocycles. The molecule has 1 aromatic rings. The monoisotopic (exact) mass is 255 g/mol. The van der Waals surface area contributed by atoms with Crippen LogP contribution in [0.4, 0.5) is 0 Å². The van der Waals surface area contributed by atoms with Crippen molar-refractivity contribution in [2.45, 2.75) is 39.0 Å². The van der Waals surface area contributed by atoms with E-state index in [9.17, 15) is 4.79 Å². The van der Waals surface area contributed by atoms with Gasteiger partial charge in [-0.1, -0.05) is 43.6 Å². The minimum absolute atomic E-state index is 0.311. The highest BCUT2D eigenvalue weighted by atomic mass is 16.2. The number of hydrogen-bond donors (Lipinski definition) is 0. The Hall–Kier alpha value is -1.25. The second kappa shape index (κ2) is 6.27. The molecule has 0 N–H and O–H groups in total. The summed E-state index contributed by atoms with van der Waals surface area (Å²) in [6.07, 6.45) is 2.80. The normalized spacial score (nSPS) is 16.9. The Morgan fingerprint density at radius 2 is 1.84 bits per heavy atom. The van der Waals surface area contributed by atoms with E-state index in [1.807, 2.05) is 17.0 Å². The summed E-state index contributed by atoms with van der Waals surface area (Å²) in [4.78, 5) is 14.0. The van der Waals surface area contributed by atoms with Gasteiger partial charge in [-0.25, -0.2) is 0 Å². The molecule has 1 heterocycles. The van der Waals surface area contributed by atoms with Crippen LogP contribution in [0.5, 0.6) is 0 Å². The zero-order valence-corrected chi connectivity index (χ0v) is 11.9. The van der Waals surface area contributed by atoms with E-state index in [2.05, 4.69) is 26.0 Å². The van der Waals surface area contributed by atoms with Crippen molar-refractivity contribution in [2.75, 3.05) is 13.1 Å². The third-order valence-corrected chi connectivity index (χ3v) is 3.84. The van der Waals surface area contributed by atoms with Crippen molar-refractivity contribution in [1.29, 1.82) is 0 Å². The fourth-order valence-electron chi connectivity index (χ4n) is 2.71. The standard InChI is InChI=1S/C16H22BNO/c1-12(2)11-16(19)18-9-7-14(8-10-18)13-3-5-15(17)6-4-13/h3-6,12,14H,7-11H2,1-2H3. The first kappa shape index (κ1) is 14.2. The lowest BCUT2D eigenvalue weighted by atomic mass is 9.86. The van der Waals surface area contributed by atoms with Crippen LogP contribution < -0.4 is 5.46 Å². The van der Waals surface area contributed by atoms with Crippen LogP contribution in [0.3, 0.4) is 0 Å². The highest BCUT2D eigenvalue weighted by Gasteiger charge is 2.23. The van der Waals surface area contributed by atoms with Crippen LogP contribution in [0, 0.1) is 5.92 Å². The topological polar surface area (TPSA) is 20.3 Å². The van der Waals surface area contributed by atoms with Crippen molar-refractivity contribution in [3.05, 3.63) is 29.8 Å². The Morgan fingerprint density at radius 1 is 1.26 bits per heavy atom. The van der Waals surface area contributed by atoms with Gasteiger partial charge in [0, 0.05) is 19.5 Å². The summed E-state index contributed by atoms with van der Waals surface area (Å²) in [5, 5.41) is 0. The van der Waals surface area contributed by atoms with Crippen LogP contribution in [-0.2, 0) is 4.79 Å². The number of carbonyl (C=O) groups excluding carboxylic acids is 1. The van der Waals surface area contributed by atoms with E-state index >= 15 is 0 Å². The Kier molecular flexibility index (Phi) is 4.68. The molecule has 1 amide bonds. The number of likely N-dealkylation sites (tertiary alicyclic amines) is 1. The van der Waals surface area contributed by atoms with Crippen molar-refractivity contribution < 1.29 is 4.79 Å². The van der Waals surface area contributed by atoms with Crippen LogP contribution in [0.25, 0.3) is 0 Å². The lowest BCUT2D eigenvalue weighted by Gasteiger charge is -2.32. The van der Waals surface area contributed by atoms with Gasteiger partial charge < -0.3 is 4.90 Å². The van der Waals surface area contributed by atoms with Crippen molar-refractivity contribution in [2.24, 2.45) is 5.92 Å². The zero-order chi connectivity index (χ0) is 13.8. The number of nitrogens with zero attached hydrogens (tertiary/aromatic N) is 1. The van der Waals surface area contributed by atoms with Crippen LogP contribution in [0.2, 0.25) is 0 Å². The van der Waals surface area contributed by atoms with Gasteiger partial charge in [-0.2, -0.15) is 0 Å². The van der Waals surface area contributed by atoms with Gasteiger partial charge in [0.2, 0.25) is 5.91 Å². The maximum absolute atomic E-state index is 12.0. The van der Waals surface area contributed by atoms with E-state index in [1.165, 1.54) is 5.56 Å². The first-order valence-corrected chi connectivity index (χ1v) is 7.19. The van der Waals surface area contributed by atoms with Crippen molar-refractivity contribution in [3.8, 4) is 0 Å². The summed E-state index contributed by atoms with van der Waals surface area (Å²) in [5.41, 5.74) is 2.17. The highest BCUT2D eigenvalue weighted by molar-refractivity contribution is 6.32. The predicted molar refractivity (Wildman–Crippen MR) is 79.8 cm³/mol. The van der Waals surface area contributed by atoms with Crippen molar-refractivity contribution >= 4 is 19.2 Å². The Labute approximate surface area is 117 Å². The number of piperidine rings is 1. The van der Waals surface area contributed by atoms with E-state index in [0.717, 1.165) is 31.4 Å². The summed E-state index contributed by atoms with van der Waals surface area (Å²) in [5.74, 6) is 1.33. The van der Waals surface area contributed by atoms with E-state index in [-0.39, 0.29) is 0 Å². The molecular weight excluding hydrogens is 233 g/mol. The molecule has 0 atom stereocenters. The molecule has 0 spiro atoms. The van der Waals surface area contributed by atoms with Gasteiger partial charge in [-0.3, -0.25) is 4.79 Å². The third kappa shape index (κ3) is 3.86. The number of rotatable bonds is 3. The van der Waals surface area contributed by atoms with E-state index in [0.29, 0.717) is 24.2 Å². The molecule has 1 saturated heterocycles. The molecule has 0 saturated carbocycles. The summed E-state index contributed by atoms with van der Waals surface area (Å²) in [7, 11) is 5.71.